The molecule has 7 heteroatoms. The Bertz CT molecular complexity index is 712. The lowest BCUT2D eigenvalue weighted by atomic mass is 10.5. The van der Waals surface area contributed by atoms with Gasteiger partial charge in [0.25, 0.3) is 5.56 Å². The quantitative estimate of drug-likeness (QED) is 0.539. The van der Waals surface area contributed by atoms with Crippen molar-refractivity contribution in [2.45, 2.75) is 6.92 Å². The molecular formula is C8H6N6O. The zero-order valence-electron chi connectivity index (χ0n) is 7.80. The Balaban J connectivity index is 2.74. The zero-order valence-corrected chi connectivity index (χ0v) is 7.80. The number of fused-ring (bicyclic) bond motifs is 3. The number of hydrogen-bond donors (Lipinski definition) is 1. The Kier molecular flexibility index (Phi) is 1.39. The van der Waals surface area contributed by atoms with E-state index in [4.69, 9.17) is 0 Å². The van der Waals surface area contributed by atoms with E-state index in [9.17, 15) is 4.79 Å². The SMILES string of the molecule is Cc1nnc2c(=O)[nH]c3ncncc3n12. The number of aromatic amines is 1. The van der Waals surface area contributed by atoms with E-state index >= 15 is 0 Å². The lowest BCUT2D eigenvalue weighted by Crippen LogP contribution is -2.12. The predicted molar refractivity (Wildman–Crippen MR) is 51.4 cm³/mol. The molecule has 3 rings (SSSR count). The predicted octanol–water partition coefficient (Wildman–Crippen LogP) is -0.331. The molecule has 0 amide bonds. The van der Waals surface area contributed by atoms with Crippen molar-refractivity contribution in [3.63, 3.8) is 0 Å². The molecule has 3 aromatic rings. The molecule has 0 bridgehead atoms. The molecule has 15 heavy (non-hydrogen) atoms. The first-order chi connectivity index (χ1) is 7.27. The van der Waals surface area contributed by atoms with Crippen LogP contribution in [0, 0.1) is 6.92 Å². The minimum absolute atomic E-state index is 0.259. The van der Waals surface area contributed by atoms with Crippen LogP contribution in [0.2, 0.25) is 0 Å². The molecule has 7 nitrogen and oxygen atoms in total. The molecule has 3 aromatic heterocycles. The smallest absolute Gasteiger partial charge is 0.295 e. The van der Waals surface area contributed by atoms with Crippen LogP contribution >= 0.6 is 0 Å². The van der Waals surface area contributed by atoms with Crippen LogP contribution in [0.4, 0.5) is 0 Å². The number of nitrogens with zero attached hydrogens (tertiary/aromatic N) is 5. The van der Waals surface area contributed by atoms with Crippen molar-refractivity contribution in [3.05, 3.63) is 28.7 Å². The molecule has 0 aromatic carbocycles. The van der Waals surface area contributed by atoms with Gasteiger partial charge in [-0.2, -0.15) is 0 Å². The van der Waals surface area contributed by atoms with Crippen LogP contribution in [-0.2, 0) is 0 Å². The Morgan fingerprint density at radius 1 is 1.40 bits per heavy atom. The highest BCUT2D eigenvalue weighted by Crippen LogP contribution is 2.07. The highest BCUT2D eigenvalue weighted by Gasteiger charge is 2.09. The number of aryl methyl sites for hydroxylation is 1. The minimum atomic E-state index is -0.304. The van der Waals surface area contributed by atoms with Gasteiger partial charge in [0.05, 0.1) is 6.20 Å². The van der Waals surface area contributed by atoms with Gasteiger partial charge in [0.2, 0.25) is 5.65 Å². The largest absolute Gasteiger partial charge is 0.302 e. The Labute approximate surface area is 82.8 Å². The van der Waals surface area contributed by atoms with Gasteiger partial charge >= 0.3 is 0 Å². The van der Waals surface area contributed by atoms with Gasteiger partial charge in [-0.05, 0) is 6.92 Å². The van der Waals surface area contributed by atoms with Gasteiger partial charge in [0.1, 0.15) is 17.7 Å². The highest BCUT2D eigenvalue weighted by molar-refractivity contribution is 5.72. The van der Waals surface area contributed by atoms with E-state index in [-0.39, 0.29) is 11.2 Å². The van der Waals surface area contributed by atoms with Crippen molar-refractivity contribution in [2.24, 2.45) is 0 Å². The van der Waals surface area contributed by atoms with Gasteiger partial charge in [-0.15, -0.1) is 10.2 Å². The number of rotatable bonds is 0. The third kappa shape index (κ3) is 0.967. The fourth-order valence-corrected chi connectivity index (χ4v) is 1.54. The second-order valence-corrected chi connectivity index (χ2v) is 3.12. The topological polar surface area (TPSA) is 88.8 Å². The molecule has 0 radical (unpaired) electrons. The maximum Gasteiger partial charge on any atom is 0.295 e. The molecule has 0 spiro atoms. The van der Waals surface area contributed by atoms with Crippen LogP contribution in [0.3, 0.4) is 0 Å². The molecule has 0 atom stereocenters. The van der Waals surface area contributed by atoms with E-state index in [1.165, 1.54) is 6.33 Å². The van der Waals surface area contributed by atoms with Gasteiger partial charge < -0.3 is 4.98 Å². The van der Waals surface area contributed by atoms with Gasteiger partial charge in [-0.3, -0.25) is 9.20 Å². The molecule has 0 aliphatic rings. The zero-order chi connectivity index (χ0) is 10.4. The summed E-state index contributed by atoms with van der Waals surface area (Å²) in [5.41, 5.74) is 1.12. The first-order valence-electron chi connectivity index (χ1n) is 4.31. The second kappa shape index (κ2) is 2.59. The normalized spacial score (nSPS) is 11.3. The first-order valence-corrected chi connectivity index (χ1v) is 4.31. The van der Waals surface area contributed by atoms with Crippen molar-refractivity contribution in [3.8, 4) is 0 Å². The molecular weight excluding hydrogens is 196 g/mol. The Morgan fingerprint density at radius 3 is 3.13 bits per heavy atom. The molecule has 0 fully saturated rings. The highest BCUT2D eigenvalue weighted by atomic mass is 16.1. The van der Waals surface area contributed by atoms with Crippen molar-refractivity contribution in [2.75, 3.05) is 0 Å². The Hall–Kier alpha value is -2.31. The second-order valence-electron chi connectivity index (χ2n) is 3.12. The maximum atomic E-state index is 11.6. The average Bonchev–Trinajstić information content (AvgIpc) is 2.62. The number of nitrogens with one attached hydrogen (secondary N) is 1. The molecule has 74 valence electrons. The molecule has 0 aliphatic heterocycles. The van der Waals surface area contributed by atoms with E-state index in [1.54, 1.807) is 17.5 Å². The summed E-state index contributed by atoms with van der Waals surface area (Å²) < 4.78 is 1.63. The Morgan fingerprint density at radius 2 is 2.27 bits per heavy atom. The first kappa shape index (κ1) is 8.04. The van der Waals surface area contributed by atoms with E-state index < -0.39 is 0 Å². The fourth-order valence-electron chi connectivity index (χ4n) is 1.54. The van der Waals surface area contributed by atoms with E-state index in [0.717, 1.165) is 0 Å². The summed E-state index contributed by atoms with van der Waals surface area (Å²) in [5, 5.41) is 7.63. The van der Waals surface area contributed by atoms with Crippen LogP contribution in [0.15, 0.2) is 17.3 Å². The molecule has 0 saturated carbocycles. The van der Waals surface area contributed by atoms with Gasteiger partial charge in [-0.1, -0.05) is 0 Å². The summed E-state index contributed by atoms with van der Waals surface area (Å²) in [7, 11) is 0. The third-order valence-electron chi connectivity index (χ3n) is 2.19. The van der Waals surface area contributed by atoms with Crippen molar-refractivity contribution in [1.29, 1.82) is 0 Å². The number of aromatic nitrogens is 6. The molecule has 0 aliphatic carbocycles. The van der Waals surface area contributed by atoms with Crippen molar-refractivity contribution >= 4 is 16.8 Å². The van der Waals surface area contributed by atoms with Crippen molar-refractivity contribution < 1.29 is 0 Å². The fraction of sp³-hybridized carbons (Fsp3) is 0.125. The molecule has 3 heterocycles. The number of H-pyrrole nitrogens is 1. The maximum absolute atomic E-state index is 11.6. The standard InChI is InChI=1S/C8H6N6O/c1-4-12-13-7-8(15)11-6-5(14(4)7)2-9-3-10-6/h2-3H,1H3,(H,9,10,11,15). The molecule has 1 N–H and O–H groups in total. The summed E-state index contributed by atoms with van der Waals surface area (Å²) in [6, 6.07) is 0. The van der Waals surface area contributed by atoms with E-state index in [0.29, 0.717) is 17.0 Å². The van der Waals surface area contributed by atoms with Gasteiger partial charge in [0.15, 0.2) is 5.65 Å². The van der Waals surface area contributed by atoms with E-state index in [1.807, 2.05) is 0 Å². The third-order valence-corrected chi connectivity index (χ3v) is 2.19. The van der Waals surface area contributed by atoms with E-state index in [2.05, 4.69) is 25.1 Å². The van der Waals surface area contributed by atoms with Crippen LogP contribution in [-0.4, -0.2) is 29.5 Å². The number of hydrogen-bond acceptors (Lipinski definition) is 5. The van der Waals surface area contributed by atoms with Crippen LogP contribution in [0.5, 0.6) is 0 Å². The lowest BCUT2D eigenvalue weighted by Gasteiger charge is -1.99. The lowest BCUT2D eigenvalue weighted by molar-refractivity contribution is 1.01. The summed E-state index contributed by atoms with van der Waals surface area (Å²) >= 11 is 0. The minimum Gasteiger partial charge on any atom is -0.302 e. The average molecular weight is 202 g/mol. The molecule has 0 saturated heterocycles. The summed E-state index contributed by atoms with van der Waals surface area (Å²) in [5.74, 6) is 0.635. The summed E-state index contributed by atoms with van der Waals surface area (Å²) in [4.78, 5) is 22.1. The van der Waals surface area contributed by atoms with Crippen LogP contribution in [0.1, 0.15) is 5.82 Å². The van der Waals surface area contributed by atoms with Crippen LogP contribution < -0.4 is 5.56 Å². The monoisotopic (exact) mass is 202 g/mol. The van der Waals surface area contributed by atoms with Gasteiger partial charge in [-0.25, -0.2) is 9.97 Å². The van der Waals surface area contributed by atoms with Gasteiger partial charge in [0, 0.05) is 0 Å². The summed E-state index contributed by atoms with van der Waals surface area (Å²) in [6.07, 6.45) is 2.99. The summed E-state index contributed by atoms with van der Waals surface area (Å²) in [6.45, 7) is 1.77. The molecule has 0 unspecified atom stereocenters. The van der Waals surface area contributed by atoms with Crippen LogP contribution in [0.25, 0.3) is 16.8 Å². The van der Waals surface area contributed by atoms with Crippen molar-refractivity contribution in [1.82, 2.24) is 29.5 Å².